The van der Waals surface area contributed by atoms with E-state index in [2.05, 4.69) is 16.8 Å². The van der Waals surface area contributed by atoms with Crippen molar-refractivity contribution < 1.29 is 13.2 Å². The average Bonchev–Trinajstić information content (AvgIpc) is 2.74. The summed E-state index contributed by atoms with van der Waals surface area (Å²) in [6, 6.07) is 4.27. The number of amides is 1. The highest BCUT2D eigenvalue weighted by atomic mass is 32.2. The molecule has 8 heteroatoms. The van der Waals surface area contributed by atoms with E-state index in [1.807, 2.05) is 21.9 Å². The first kappa shape index (κ1) is 20.6. The largest absolute Gasteiger partial charge is 0.355 e. The molecule has 3 aliphatic rings. The molecule has 0 aliphatic carbocycles. The Hall–Kier alpha value is -1.67. The fourth-order valence-electron chi connectivity index (χ4n) is 4.82. The van der Waals surface area contributed by atoms with Crippen molar-refractivity contribution in [3.8, 4) is 0 Å². The van der Waals surface area contributed by atoms with Gasteiger partial charge in [-0.15, -0.1) is 0 Å². The van der Waals surface area contributed by atoms with Gasteiger partial charge in [-0.05, 0) is 50.3 Å². The monoisotopic (exact) mass is 420 g/mol. The number of sulfone groups is 1. The maximum atomic E-state index is 12.9. The van der Waals surface area contributed by atoms with E-state index < -0.39 is 9.84 Å². The number of rotatable bonds is 3. The highest BCUT2D eigenvalue weighted by molar-refractivity contribution is 7.91. The van der Waals surface area contributed by atoms with Gasteiger partial charge in [0.15, 0.2) is 9.84 Å². The van der Waals surface area contributed by atoms with Gasteiger partial charge in [0.05, 0.1) is 17.1 Å². The molecule has 4 rings (SSSR count). The molecule has 0 aromatic carbocycles. The molecule has 1 aromatic rings. The summed E-state index contributed by atoms with van der Waals surface area (Å²) in [6.07, 6.45) is 6.36. The molecule has 29 heavy (non-hydrogen) atoms. The van der Waals surface area contributed by atoms with Crippen molar-refractivity contribution in [1.29, 1.82) is 0 Å². The van der Waals surface area contributed by atoms with Crippen molar-refractivity contribution >= 4 is 21.6 Å². The fourth-order valence-corrected chi connectivity index (χ4v) is 6.02. The molecule has 0 saturated carbocycles. The molecule has 4 heterocycles. The minimum atomic E-state index is -2.91. The first-order valence-corrected chi connectivity index (χ1v) is 12.7. The quantitative estimate of drug-likeness (QED) is 0.740. The second-order valence-corrected chi connectivity index (χ2v) is 11.1. The van der Waals surface area contributed by atoms with Crippen molar-refractivity contribution in [1.82, 2.24) is 14.8 Å². The number of nitrogens with zero attached hydrogens (tertiary/aromatic N) is 4. The van der Waals surface area contributed by atoms with Crippen molar-refractivity contribution in [3.63, 3.8) is 0 Å². The molecule has 3 fully saturated rings. The minimum Gasteiger partial charge on any atom is -0.355 e. The summed E-state index contributed by atoms with van der Waals surface area (Å²) >= 11 is 0. The Morgan fingerprint density at radius 2 is 1.76 bits per heavy atom. The third kappa shape index (κ3) is 4.91. The highest BCUT2D eigenvalue weighted by Gasteiger charge is 2.30. The van der Waals surface area contributed by atoms with Crippen LogP contribution < -0.4 is 4.90 Å². The molecule has 0 radical (unpaired) electrons. The number of pyridine rings is 1. The van der Waals surface area contributed by atoms with Crippen LogP contribution in [0, 0.1) is 5.92 Å². The molecule has 0 N–H and O–H groups in total. The molecule has 0 spiro atoms. The van der Waals surface area contributed by atoms with E-state index >= 15 is 0 Å². The Bertz CT molecular complexity index is 805. The topological polar surface area (TPSA) is 73.8 Å². The lowest BCUT2D eigenvalue weighted by atomic mass is 9.95. The van der Waals surface area contributed by atoms with Gasteiger partial charge in [-0.1, -0.05) is 6.92 Å². The van der Waals surface area contributed by atoms with Crippen LogP contribution in [0.15, 0.2) is 18.3 Å². The molecule has 1 aromatic heterocycles. The zero-order chi connectivity index (χ0) is 20.4. The molecular weight excluding hydrogens is 388 g/mol. The van der Waals surface area contributed by atoms with Crippen molar-refractivity contribution in [2.24, 2.45) is 5.92 Å². The van der Waals surface area contributed by atoms with Crippen molar-refractivity contribution in [2.45, 2.75) is 38.6 Å². The molecule has 3 aliphatic heterocycles. The normalized spacial score (nSPS) is 26.4. The first-order chi connectivity index (χ1) is 13.9. The number of carbonyl (C=O) groups is 1. The molecule has 160 valence electrons. The lowest BCUT2D eigenvalue weighted by Crippen LogP contribution is -2.49. The lowest BCUT2D eigenvalue weighted by molar-refractivity contribution is 0.0541. The van der Waals surface area contributed by atoms with Crippen LogP contribution in [0.1, 0.15) is 43.0 Å². The third-order valence-corrected chi connectivity index (χ3v) is 8.23. The molecule has 3 saturated heterocycles. The van der Waals surface area contributed by atoms with Gasteiger partial charge >= 0.3 is 0 Å². The Labute approximate surface area is 174 Å². The van der Waals surface area contributed by atoms with Crippen LogP contribution in [0.4, 0.5) is 5.82 Å². The molecular formula is C21H32N4O3S. The summed E-state index contributed by atoms with van der Waals surface area (Å²) in [4.78, 5) is 23.9. The van der Waals surface area contributed by atoms with Gasteiger partial charge in [-0.2, -0.15) is 0 Å². The van der Waals surface area contributed by atoms with E-state index in [-0.39, 0.29) is 17.4 Å². The van der Waals surface area contributed by atoms with E-state index in [1.165, 1.54) is 25.9 Å². The van der Waals surface area contributed by atoms with Crippen molar-refractivity contribution in [2.75, 3.05) is 55.7 Å². The SMILES string of the molecule is C[C@@H]1CCCN(C2CCN(C(=O)c3ccc(N4CCS(=O)(=O)CC4)nc3)CC2)C1. The van der Waals surface area contributed by atoms with Crippen LogP contribution in [0.3, 0.4) is 0 Å². The zero-order valence-corrected chi connectivity index (χ0v) is 18.1. The van der Waals surface area contributed by atoms with Gasteiger partial charge < -0.3 is 9.80 Å². The molecule has 0 unspecified atom stereocenters. The molecule has 0 bridgehead atoms. The number of carbonyl (C=O) groups excluding carboxylic acids is 1. The summed E-state index contributed by atoms with van der Waals surface area (Å²) in [7, 11) is -2.91. The summed E-state index contributed by atoms with van der Waals surface area (Å²) in [6.45, 7) is 7.27. The summed E-state index contributed by atoms with van der Waals surface area (Å²) in [5, 5.41) is 0. The minimum absolute atomic E-state index is 0.0516. The maximum absolute atomic E-state index is 12.9. The Morgan fingerprint density at radius 1 is 1.03 bits per heavy atom. The zero-order valence-electron chi connectivity index (χ0n) is 17.3. The van der Waals surface area contributed by atoms with Crippen LogP contribution in [-0.4, -0.2) is 85.9 Å². The van der Waals surface area contributed by atoms with Crippen LogP contribution in [0.5, 0.6) is 0 Å². The van der Waals surface area contributed by atoms with E-state index in [4.69, 9.17) is 0 Å². The summed E-state index contributed by atoms with van der Waals surface area (Å²) in [5.74, 6) is 1.92. The number of hydrogen-bond acceptors (Lipinski definition) is 6. The number of aromatic nitrogens is 1. The van der Waals surface area contributed by atoms with E-state index in [9.17, 15) is 13.2 Å². The Balaban J connectivity index is 1.31. The Morgan fingerprint density at radius 3 is 2.38 bits per heavy atom. The highest BCUT2D eigenvalue weighted by Crippen LogP contribution is 2.24. The van der Waals surface area contributed by atoms with Gasteiger partial charge in [-0.25, -0.2) is 13.4 Å². The van der Waals surface area contributed by atoms with Gasteiger partial charge in [0.1, 0.15) is 5.82 Å². The van der Waals surface area contributed by atoms with Gasteiger partial charge in [0, 0.05) is 45.0 Å². The van der Waals surface area contributed by atoms with Crippen LogP contribution >= 0.6 is 0 Å². The second-order valence-electron chi connectivity index (χ2n) is 8.81. The van der Waals surface area contributed by atoms with E-state index in [0.717, 1.165) is 37.7 Å². The van der Waals surface area contributed by atoms with Crippen LogP contribution in [0.2, 0.25) is 0 Å². The van der Waals surface area contributed by atoms with Crippen molar-refractivity contribution in [3.05, 3.63) is 23.9 Å². The number of likely N-dealkylation sites (tertiary alicyclic amines) is 2. The van der Waals surface area contributed by atoms with Crippen LogP contribution in [0.25, 0.3) is 0 Å². The second kappa shape index (κ2) is 8.60. The number of piperidine rings is 2. The van der Waals surface area contributed by atoms with Crippen LogP contribution in [-0.2, 0) is 9.84 Å². The van der Waals surface area contributed by atoms with E-state index in [1.54, 1.807) is 6.20 Å². The molecule has 1 atom stereocenters. The summed E-state index contributed by atoms with van der Waals surface area (Å²) < 4.78 is 23.2. The predicted octanol–water partition coefficient (Wildman–Crippen LogP) is 1.65. The lowest BCUT2D eigenvalue weighted by Gasteiger charge is -2.41. The smallest absolute Gasteiger partial charge is 0.255 e. The maximum Gasteiger partial charge on any atom is 0.255 e. The number of hydrogen-bond donors (Lipinski definition) is 0. The third-order valence-electron chi connectivity index (χ3n) is 6.62. The first-order valence-electron chi connectivity index (χ1n) is 10.9. The van der Waals surface area contributed by atoms with Gasteiger partial charge in [-0.3, -0.25) is 9.69 Å². The number of anilines is 1. The summed E-state index contributed by atoms with van der Waals surface area (Å²) in [5.41, 5.74) is 0.614. The average molecular weight is 421 g/mol. The Kier molecular flexibility index (Phi) is 6.11. The standard InChI is InChI=1S/C21H32N4O3S/c1-17-3-2-8-25(16-17)19-6-9-24(10-7-19)21(26)18-4-5-20(22-15-18)23-11-13-29(27,28)14-12-23/h4-5,15,17,19H,2-3,6-14,16H2,1H3/t17-/m1/s1. The predicted molar refractivity (Wildman–Crippen MR) is 114 cm³/mol. The molecule has 1 amide bonds. The molecule has 7 nitrogen and oxygen atoms in total. The van der Waals surface area contributed by atoms with Gasteiger partial charge in [0.2, 0.25) is 0 Å². The van der Waals surface area contributed by atoms with E-state index in [0.29, 0.717) is 24.7 Å². The fraction of sp³-hybridized carbons (Fsp3) is 0.714. The van der Waals surface area contributed by atoms with Gasteiger partial charge in [0.25, 0.3) is 5.91 Å².